The van der Waals surface area contributed by atoms with Crippen molar-refractivity contribution < 1.29 is 14.6 Å². The van der Waals surface area contributed by atoms with E-state index in [2.05, 4.69) is 5.10 Å². The van der Waals surface area contributed by atoms with E-state index in [0.717, 1.165) is 11.2 Å². The van der Waals surface area contributed by atoms with Gasteiger partial charge in [-0.2, -0.15) is 5.10 Å². The lowest BCUT2D eigenvalue weighted by molar-refractivity contribution is 0.0686. The highest BCUT2D eigenvalue weighted by atomic mass is 35.5. The molecule has 20 heavy (non-hydrogen) atoms. The number of carboxylic acids is 1. The first-order chi connectivity index (χ1) is 9.61. The van der Waals surface area contributed by atoms with E-state index in [-0.39, 0.29) is 23.1 Å². The number of carboxylic acid groups (broad SMARTS) is 1. The zero-order valence-electron chi connectivity index (χ0n) is 10.2. The Bertz CT molecular complexity index is 638. The van der Waals surface area contributed by atoms with Gasteiger partial charge in [0.25, 0.3) is 0 Å². The fraction of sp³-hybridized carbons (Fsp3) is 0.0769. The number of ether oxygens (including phenoxy) is 1. The Kier molecular flexibility index (Phi) is 4.65. The summed E-state index contributed by atoms with van der Waals surface area (Å²) in [6, 6.07) is 9.10. The maximum atomic E-state index is 11.2. The van der Waals surface area contributed by atoms with Gasteiger partial charge in [-0.25, -0.2) is 9.48 Å². The second kappa shape index (κ2) is 6.45. The number of rotatable bonds is 5. The smallest absolute Gasteiger partial charge is 0.360 e. The molecular weight excluding hydrogens is 303 g/mol. The van der Waals surface area contributed by atoms with E-state index in [4.69, 9.17) is 33.0 Å². The van der Waals surface area contributed by atoms with Gasteiger partial charge >= 0.3 is 5.97 Å². The van der Waals surface area contributed by atoms with Crippen LogP contribution < -0.4 is 4.74 Å². The lowest BCUT2D eigenvalue weighted by atomic mass is 10.3. The standard InChI is InChI=1S/C13H10Cl2N2O3/c14-6-9(15)8-20-11-7-17(16-12(11)13(18)19)10-4-2-1-3-5-10/h1-7H,8H2,(H,18,19). The molecule has 1 aromatic carbocycles. The molecule has 0 unspecified atom stereocenters. The predicted octanol–water partition coefficient (Wildman–Crippen LogP) is 3.27. The van der Waals surface area contributed by atoms with E-state index in [0.29, 0.717) is 0 Å². The van der Waals surface area contributed by atoms with E-state index in [1.807, 2.05) is 18.2 Å². The number of benzene rings is 1. The van der Waals surface area contributed by atoms with Gasteiger partial charge in [-0.05, 0) is 12.1 Å². The lowest BCUT2D eigenvalue weighted by Crippen LogP contribution is -2.04. The van der Waals surface area contributed by atoms with Crippen molar-refractivity contribution in [3.8, 4) is 11.4 Å². The third-order valence-electron chi connectivity index (χ3n) is 2.39. The Morgan fingerprint density at radius 3 is 2.70 bits per heavy atom. The van der Waals surface area contributed by atoms with Crippen molar-refractivity contribution in [1.29, 1.82) is 0 Å². The first-order valence-electron chi connectivity index (χ1n) is 5.57. The Hall–Kier alpha value is -1.98. The van der Waals surface area contributed by atoms with Gasteiger partial charge in [0.2, 0.25) is 5.69 Å². The molecule has 0 saturated carbocycles. The van der Waals surface area contributed by atoms with Gasteiger partial charge in [0, 0.05) is 5.54 Å². The van der Waals surface area contributed by atoms with Gasteiger partial charge < -0.3 is 9.84 Å². The van der Waals surface area contributed by atoms with Crippen LogP contribution in [0, 0.1) is 0 Å². The summed E-state index contributed by atoms with van der Waals surface area (Å²) in [6.07, 6.45) is 1.48. The van der Waals surface area contributed by atoms with E-state index in [1.54, 1.807) is 12.1 Å². The monoisotopic (exact) mass is 312 g/mol. The molecule has 0 fully saturated rings. The number of aromatic nitrogens is 2. The number of halogens is 2. The van der Waals surface area contributed by atoms with E-state index in [1.165, 1.54) is 10.9 Å². The van der Waals surface area contributed by atoms with Crippen molar-refractivity contribution in [3.05, 3.63) is 52.8 Å². The molecule has 0 aliphatic heterocycles. The zero-order valence-corrected chi connectivity index (χ0v) is 11.7. The van der Waals surface area contributed by atoms with Crippen LogP contribution in [0.5, 0.6) is 5.75 Å². The molecule has 0 amide bonds. The first-order valence-corrected chi connectivity index (χ1v) is 6.39. The number of aromatic carboxylic acids is 1. The average Bonchev–Trinajstić information content (AvgIpc) is 2.90. The van der Waals surface area contributed by atoms with Crippen LogP contribution in [-0.2, 0) is 0 Å². The van der Waals surface area contributed by atoms with Gasteiger partial charge in [0.15, 0.2) is 5.75 Å². The summed E-state index contributed by atoms with van der Waals surface area (Å²) in [5, 5.41) is 13.4. The fourth-order valence-corrected chi connectivity index (χ4v) is 1.62. The van der Waals surface area contributed by atoms with Crippen molar-refractivity contribution in [2.45, 2.75) is 0 Å². The quantitative estimate of drug-likeness (QED) is 0.920. The van der Waals surface area contributed by atoms with Crippen molar-refractivity contribution in [1.82, 2.24) is 9.78 Å². The van der Waals surface area contributed by atoms with E-state index in [9.17, 15) is 4.79 Å². The number of nitrogens with zero attached hydrogens (tertiary/aromatic N) is 2. The average molecular weight is 313 g/mol. The predicted molar refractivity (Wildman–Crippen MR) is 75.8 cm³/mol. The van der Waals surface area contributed by atoms with Gasteiger partial charge in [-0.1, -0.05) is 41.4 Å². The molecule has 0 aliphatic rings. The maximum absolute atomic E-state index is 11.2. The summed E-state index contributed by atoms with van der Waals surface area (Å²) >= 11 is 11.1. The molecule has 1 aromatic heterocycles. The first kappa shape index (κ1) is 14.4. The Morgan fingerprint density at radius 2 is 2.10 bits per heavy atom. The highest BCUT2D eigenvalue weighted by Gasteiger charge is 2.18. The molecule has 1 heterocycles. The van der Waals surface area contributed by atoms with Crippen LogP contribution in [-0.4, -0.2) is 27.5 Å². The van der Waals surface area contributed by atoms with Crippen LogP contribution in [0.3, 0.4) is 0 Å². The Balaban J connectivity index is 2.31. The highest BCUT2D eigenvalue weighted by molar-refractivity contribution is 6.36. The molecule has 104 valence electrons. The van der Waals surface area contributed by atoms with Crippen molar-refractivity contribution in [3.63, 3.8) is 0 Å². The van der Waals surface area contributed by atoms with Gasteiger partial charge in [-0.3, -0.25) is 0 Å². The van der Waals surface area contributed by atoms with Gasteiger partial charge in [-0.15, -0.1) is 0 Å². The van der Waals surface area contributed by atoms with Gasteiger partial charge in [0.05, 0.1) is 16.9 Å². The molecule has 5 nitrogen and oxygen atoms in total. The van der Waals surface area contributed by atoms with Crippen LogP contribution >= 0.6 is 23.2 Å². The van der Waals surface area contributed by atoms with Gasteiger partial charge in [0.1, 0.15) is 6.61 Å². The van der Waals surface area contributed by atoms with Crippen molar-refractivity contribution in [2.75, 3.05) is 6.61 Å². The van der Waals surface area contributed by atoms with Crippen LogP contribution in [0.4, 0.5) is 0 Å². The summed E-state index contributed by atoms with van der Waals surface area (Å²) in [6.45, 7) is -0.0220. The van der Waals surface area contributed by atoms with Crippen LogP contribution in [0.15, 0.2) is 47.1 Å². The zero-order chi connectivity index (χ0) is 14.5. The SMILES string of the molecule is O=C(O)c1nn(-c2ccccc2)cc1OCC(Cl)=CCl. The van der Waals surface area contributed by atoms with Crippen molar-refractivity contribution >= 4 is 29.2 Å². The third-order valence-corrected chi connectivity index (χ3v) is 2.98. The van der Waals surface area contributed by atoms with Crippen molar-refractivity contribution in [2.24, 2.45) is 0 Å². The molecule has 2 rings (SSSR count). The fourth-order valence-electron chi connectivity index (χ4n) is 1.50. The van der Waals surface area contributed by atoms with Crippen LogP contribution in [0.25, 0.3) is 5.69 Å². The second-order valence-corrected chi connectivity index (χ2v) is 4.48. The maximum Gasteiger partial charge on any atom is 0.360 e. The minimum atomic E-state index is -1.18. The summed E-state index contributed by atoms with van der Waals surface area (Å²) in [5.74, 6) is -1.06. The minimum Gasteiger partial charge on any atom is -0.484 e. The molecule has 2 aromatic rings. The topological polar surface area (TPSA) is 64.3 Å². The number of para-hydroxylation sites is 1. The Labute approximate surface area is 125 Å². The lowest BCUT2D eigenvalue weighted by Gasteiger charge is -2.02. The number of carbonyl (C=O) groups is 1. The molecule has 0 atom stereocenters. The molecule has 0 bridgehead atoms. The molecule has 1 N–H and O–H groups in total. The molecular formula is C13H10Cl2N2O3. The van der Waals surface area contributed by atoms with Crippen LogP contribution in [0.2, 0.25) is 0 Å². The highest BCUT2D eigenvalue weighted by Crippen LogP contribution is 2.21. The molecule has 0 saturated heterocycles. The molecule has 0 aliphatic carbocycles. The summed E-state index contributed by atoms with van der Waals surface area (Å²) < 4.78 is 6.73. The Morgan fingerprint density at radius 1 is 1.40 bits per heavy atom. The van der Waals surface area contributed by atoms with E-state index >= 15 is 0 Å². The van der Waals surface area contributed by atoms with E-state index < -0.39 is 5.97 Å². The summed E-state index contributed by atoms with van der Waals surface area (Å²) in [4.78, 5) is 11.2. The summed E-state index contributed by atoms with van der Waals surface area (Å²) in [7, 11) is 0. The largest absolute Gasteiger partial charge is 0.484 e. The minimum absolute atomic E-state index is 0.0220. The summed E-state index contributed by atoms with van der Waals surface area (Å²) in [5.41, 5.74) is 1.69. The second-order valence-electron chi connectivity index (χ2n) is 3.77. The third kappa shape index (κ3) is 3.31. The normalized spacial score (nSPS) is 11.4. The number of hydrogen-bond acceptors (Lipinski definition) is 3. The molecule has 7 heteroatoms. The number of hydrogen-bond donors (Lipinski definition) is 1. The molecule has 0 radical (unpaired) electrons. The molecule has 0 spiro atoms. The van der Waals surface area contributed by atoms with Crippen LogP contribution in [0.1, 0.15) is 10.5 Å².